The van der Waals surface area contributed by atoms with Crippen LogP contribution in [0.5, 0.6) is 0 Å². The highest BCUT2D eigenvalue weighted by Gasteiger charge is 2.27. The second-order valence-electron chi connectivity index (χ2n) is 4.90. The van der Waals surface area contributed by atoms with Gasteiger partial charge in [0, 0.05) is 13.1 Å². The number of nitrogens with two attached hydrogens (primary N) is 1. The van der Waals surface area contributed by atoms with E-state index in [9.17, 15) is 4.79 Å². The number of hydrogen-bond donors (Lipinski definition) is 1. The van der Waals surface area contributed by atoms with E-state index in [4.69, 9.17) is 5.73 Å². The molecule has 0 aromatic carbocycles. The molecule has 1 fully saturated rings. The number of carbonyl (C=O) groups is 1. The number of rotatable bonds is 5. The van der Waals surface area contributed by atoms with E-state index in [0.717, 1.165) is 45.6 Å². The summed E-state index contributed by atoms with van der Waals surface area (Å²) in [5, 5.41) is 0. The van der Waals surface area contributed by atoms with E-state index in [0.29, 0.717) is 5.92 Å². The third-order valence-electron chi connectivity index (χ3n) is 3.96. The van der Waals surface area contributed by atoms with Crippen LogP contribution in [0.25, 0.3) is 0 Å². The molecule has 1 saturated heterocycles. The van der Waals surface area contributed by atoms with Crippen LogP contribution in [-0.2, 0) is 4.79 Å². The van der Waals surface area contributed by atoms with Crippen LogP contribution in [0.2, 0.25) is 0 Å². The standard InChI is InChI=1S/C13H27N3O.ClH/c1-4-15(5-2)13(17)11(3)16-8-6-12(10-14)7-9-16;/h11-12H,4-10,14H2,1-3H3;1H. The lowest BCUT2D eigenvalue weighted by Gasteiger charge is -2.36. The van der Waals surface area contributed by atoms with Crippen molar-refractivity contribution in [3.63, 3.8) is 0 Å². The molecular weight excluding hydrogens is 250 g/mol. The first-order chi connectivity index (χ1) is 8.13. The van der Waals surface area contributed by atoms with Crippen LogP contribution in [0.1, 0.15) is 33.6 Å². The molecule has 0 radical (unpaired) electrons. The van der Waals surface area contributed by atoms with E-state index in [1.165, 1.54) is 0 Å². The molecule has 1 amide bonds. The van der Waals surface area contributed by atoms with Crippen LogP contribution >= 0.6 is 12.4 Å². The monoisotopic (exact) mass is 277 g/mol. The molecular formula is C13H28ClN3O. The molecule has 0 spiro atoms. The van der Waals surface area contributed by atoms with Gasteiger partial charge in [-0.3, -0.25) is 9.69 Å². The number of halogens is 1. The third-order valence-corrected chi connectivity index (χ3v) is 3.96. The number of hydrogen-bond acceptors (Lipinski definition) is 3. The number of carbonyl (C=O) groups excluding carboxylic acids is 1. The van der Waals surface area contributed by atoms with Crippen molar-refractivity contribution < 1.29 is 4.79 Å². The highest BCUT2D eigenvalue weighted by atomic mass is 35.5. The first kappa shape index (κ1) is 17.7. The van der Waals surface area contributed by atoms with Gasteiger partial charge in [-0.15, -0.1) is 12.4 Å². The maximum Gasteiger partial charge on any atom is 0.239 e. The third kappa shape index (κ3) is 4.41. The Kier molecular flexibility index (Phi) is 8.57. The molecule has 1 heterocycles. The zero-order valence-corrected chi connectivity index (χ0v) is 12.7. The molecule has 108 valence electrons. The van der Waals surface area contributed by atoms with Gasteiger partial charge >= 0.3 is 0 Å². The Balaban J connectivity index is 0.00000289. The Hall–Kier alpha value is -0.320. The fourth-order valence-electron chi connectivity index (χ4n) is 2.53. The molecule has 0 aromatic heterocycles. The Labute approximate surface area is 117 Å². The topological polar surface area (TPSA) is 49.6 Å². The van der Waals surface area contributed by atoms with Crippen molar-refractivity contribution >= 4 is 18.3 Å². The second-order valence-corrected chi connectivity index (χ2v) is 4.90. The Morgan fingerprint density at radius 1 is 1.33 bits per heavy atom. The summed E-state index contributed by atoms with van der Waals surface area (Å²) < 4.78 is 0. The lowest BCUT2D eigenvalue weighted by molar-refractivity contribution is -0.136. The summed E-state index contributed by atoms with van der Waals surface area (Å²) in [5.74, 6) is 0.920. The summed E-state index contributed by atoms with van der Waals surface area (Å²) in [7, 11) is 0. The minimum absolute atomic E-state index is 0. The number of piperidine rings is 1. The quantitative estimate of drug-likeness (QED) is 0.825. The van der Waals surface area contributed by atoms with E-state index >= 15 is 0 Å². The molecule has 18 heavy (non-hydrogen) atoms. The predicted octanol–water partition coefficient (Wildman–Crippen LogP) is 1.34. The summed E-state index contributed by atoms with van der Waals surface area (Å²) in [6, 6.07) is 0.0219. The highest BCUT2D eigenvalue weighted by Crippen LogP contribution is 2.18. The van der Waals surface area contributed by atoms with E-state index in [-0.39, 0.29) is 24.4 Å². The van der Waals surface area contributed by atoms with Gasteiger partial charge in [-0.05, 0) is 59.2 Å². The molecule has 2 N–H and O–H groups in total. The molecule has 5 heteroatoms. The van der Waals surface area contributed by atoms with E-state index < -0.39 is 0 Å². The second kappa shape index (κ2) is 8.73. The van der Waals surface area contributed by atoms with Crippen molar-refractivity contribution in [3.8, 4) is 0 Å². The first-order valence-corrected chi connectivity index (χ1v) is 6.86. The largest absolute Gasteiger partial charge is 0.342 e. The average Bonchev–Trinajstić information content (AvgIpc) is 2.39. The Bertz CT molecular complexity index is 238. The van der Waals surface area contributed by atoms with Crippen molar-refractivity contribution in [3.05, 3.63) is 0 Å². The fourth-order valence-corrected chi connectivity index (χ4v) is 2.53. The number of likely N-dealkylation sites (N-methyl/N-ethyl adjacent to an activating group) is 1. The summed E-state index contributed by atoms with van der Waals surface area (Å²) in [6.07, 6.45) is 2.26. The van der Waals surface area contributed by atoms with Gasteiger partial charge in [-0.25, -0.2) is 0 Å². The number of amides is 1. The summed E-state index contributed by atoms with van der Waals surface area (Å²) in [6.45, 7) is 10.5. The van der Waals surface area contributed by atoms with Crippen molar-refractivity contribution in [1.29, 1.82) is 0 Å². The summed E-state index contributed by atoms with van der Waals surface area (Å²) in [4.78, 5) is 16.4. The molecule has 1 atom stereocenters. The Morgan fingerprint density at radius 2 is 1.83 bits per heavy atom. The molecule has 1 aliphatic rings. The van der Waals surface area contributed by atoms with Crippen LogP contribution in [-0.4, -0.2) is 54.5 Å². The lowest BCUT2D eigenvalue weighted by Crippen LogP contribution is -2.50. The molecule has 1 unspecified atom stereocenters. The first-order valence-electron chi connectivity index (χ1n) is 6.86. The molecule has 0 aliphatic carbocycles. The fraction of sp³-hybridized carbons (Fsp3) is 0.923. The average molecular weight is 278 g/mol. The van der Waals surface area contributed by atoms with E-state index in [1.807, 2.05) is 25.7 Å². The number of likely N-dealkylation sites (tertiary alicyclic amines) is 1. The van der Waals surface area contributed by atoms with Gasteiger partial charge in [0.2, 0.25) is 5.91 Å². The van der Waals surface area contributed by atoms with Gasteiger partial charge in [0.1, 0.15) is 0 Å². The SMILES string of the molecule is CCN(CC)C(=O)C(C)N1CCC(CN)CC1.Cl. The summed E-state index contributed by atoms with van der Waals surface area (Å²) >= 11 is 0. The van der Waals surface area contributed by atoms with Crippen molar-refractivity contribution in [1.82, 2.24) is 9.80 Å². The zero-order chi connectivity index (χ0) is 12.8. The van der Waals surface area contributed by atoms with Gasteiger partial charge in [0.25, 0.3) is 0 Å². The molecule has 0 saturated carbocycles. The van der Waals surface area contributed by atoms with Crippen molar-refractivity contribution in [2.24, 2.45) is 11.7 Å². The minimum atomic E-state index is 0. The van der Waals surface area contributed by atoms with Crippen molar-refractivity contribution in [2.75, 3.05) is 32.7 Å². The van der Waals surface area contributed by atoms with Gasteiger partial charge < -0.3 is 10.6 Å². The van der Waals surface area contributed by atoms with Gasteiger partial charge in [0.05, 0.1) is 6.04 Å². The Morgan fingerprint density at radius 3 is 2.22 bits per heavy atom. The molecule has 1 aliphatic heterocycles. The molecule has 1 rings (SSSR count). The number of nitrogens with zero attached hydrogens (tertiary/aromatic N) is 2. The predicted molar refractivity (Wildman–Crippen MR) is 78.0 cm³/mol. The summed E-state index contributed by atoms with van der Waals surface area (Å²) in [5.41, 5.74) is 5.68. The molecule has 0 bridgehead atoms. The van der Waals surface area contributed by atoms with Gasteiger partial charge in [-0.1, -0.05) is 0 Å². The lowest BCUT2D eigenvalue weighted by atomic mass is 9.96. The van der Waals surface area contributed by atoms with Crippen LogP contribution in [0, 0.1) is 5.92 Å². The van der Waals surface area contributed by atoms with Crippen LogP contribution in [0.15, 0.2) is 0 Å². The maximum atomic E-state index is 12.2. The smallest absolute Gasteiger partial charge is 0.239 e. The van der Waals surface area contributed by atoms with Crippen LogP contribution in [0.3, 0.4) is 0 Å². The minimum Gasteiger partial charge on any atom is -0.342 e. The van der Waals surface area contributed by atoms with Gasteiger partial charge in [0.15, 0.2) is 0 Å². The van der Waals surface area contributed by atoms with E-state index in [2.05, 4.69) is 4.90 Å². The zero-order valence-electron chi connectivity index (χ0n) is 11.9. The highest BCUT2D eigenvalue weighted by molar-refractivity contribution is 5.85. The van der Waals surface area contributed by atoms with Gasteiger partial charge in [-0.2, -0.15) is 0 Å². The van der Waals surface area contributed by atoms with E-state index in [1.54, 1.807) is 0 Å². The van der Waals surface area contributed by atoms with Crippen LogP contribution < -0.4 is 5.73 Å². The van der Waals surface area contributed by atoms with Crippen LogP contribution in [0.4, 0.5) is 0 Å². The normalized spacial score (nSPS) is 19.1. The maximum absolute atomic E-state index is 12.2. The molecule has 0 aromatic rings. The molecule has 4 nitrogen and oxygen atoms in total. The van der Waals surface area contributed by atoms with Crippen molar-refractivity contribution in [2.45, 2.75) is 39.7 Å².